The van der Waals surface area contributed by atoms with Gasteiger partial charge < -0.3 is 5.11 Å². The first-order chi connectivity index (χ1) is 7.09. The molecule has 0 aliphatic carbocycles. The minimum absolute atomic E-state index is 0.0278. The van der Waals surface area contributed by atoms with Crippen molar-refractivity contribution in [3.05, 3.63) is 23.5 Å². The summed E-state index contributed by atoms with van der Waals surface area (Å²) in [6.07, 6.45) is 1.73. The van der Waals surface area contributed by atoms with E-state index in [0.717, 1.165) is 5.56 Å². The van der Waals surface area contributed by atoms with Crippen LogP contribution in [0, 0.1) is 0 Å². The maximum atomic E-state index is 10.8. The second-order valence-electron chi connectivity index (χ2n) is 3.70. The highest BCUT2D eigenvalue weighted by molar-refractivity contribution is 5.99. The van der Waals surface area contributed by atoms with Crippen LogP contribution in [0.15, 0.2) is 12.3 Å². The number of carboxylic acids is 1. The van der Waals surface area contributed by atoms with Crippen LogP contribution in [0.3, 0.4) is 0 Å². The number of pyridine rings is 1. The molecule has 0 saturated carbocycles. The molecule has 0 aliphatic rings. The summed E-state index contributed by atoms with van der Waals surface area (Å²) in [7, 11) is 0. The molecule has 2 N–H and O–H groups in total. The van der Waals surface area contributed by atoms with Crippen molar-refractivity contribution in [1.82, 2.24) is 15.2 Å². The normalized spacial score (nSPS) is 11.1. The van der Waals surface area contributed by atoms with Gasteiger partial charge in [0.15, 0.2) is 11.3 Å². The van der Waals surface area contributed by atoms with E-state index in [2.05, 4.69) is 15.2 Å². The highest BCUT2D eigenvalue weighted by Crippen LogP contribution is 2.20. The van der Waals surface area contributed by atoms with Crippen LogP contribution in [0.25, 0.3) is 11.0 Å². The standard InChI is InChI=1S/C10H11N3O2/c1-5(2)6-3-7-8(10(14)15)12-13-9(7)11-4-6/h3-5H,1-2H3,(H,14,15)(H,11,12,13). The number of nitrogens with one attached hydrogen (secondary N) is 1. The van der Waals surface area contributed by atoms with E-state index in [-0.39, 0.29) is 5.69 Å². The zero-order chi connectivity index (χ0) is 11.0. The van der Waals surface area contributed by atoms with Gasteiger partial charge in [-0.3, -0.25) is 5.10 Å². The molecule has 0 fully saturated rings. The lowest BCUT2D eigenvalue weighted by atomic mass is 10.0. The van der Waals surface area contributed by atoms with Crippen molar-refractivity contribution in [2.45, 2.75) is 19.8 Å². The predicted molar refractivity (Wildman–Crippen MR) is 54.9 cm³/mol. The number of carboxylic acid groups (broad SMARTS) is 1. The summed E-state index contributed by atoms with van der Waals surface area (Å²) in [4.78, 5) is 15.0. The second kappa shape index (κ2) is 3.34. The Bertz CT molecular complexity index is 516. The van der Waals surface area contributed by atoms with Crippen molar-refractivity contribution in [3.63, 3.8) is 0 Å². The molecule has 15 heavy (non-hydrogen) atoms. The van der Waals surface area contributed by atoms with Crippen molar-refractivity contribution in [2.75, 3.05) is 0 Å². The summed E-state index contributed by atoms with van der Waals surface area (Å²) in [5.74, 6) is -0.720. The zero-order valence-electron chi connectivity index (χ0n) is 8.48. The Balaban J connectivity index is 2.66. The summed E-state index contributed by atoms with van der Waals surface area (Å²) >= 11 is 0. The lowest BCUT2D eigenvalue weighted by molar-refractivity contribution is 0.0692. The fourth-order valence-corrected chi connectivity index (χ4v) is 1.40. The van der Waals surface area contributed by atoms with Crippen molar-refractivity contribution in [2.24, 2.45) is 0 Å². The molecular formula is C10H11N3O2. The van der Waals surface area contributed by atoms with Crippen LogP contribution in [0.1, 0.15) is 35.8 Å². The van der Waals surface area contributed by atoms with E-state index in [1.165, 1.54) is 0 Å². The van der Waals surface area contributed by atoms with Gasteiger partial charge in [-0.1, -0.05) is 13.8 Å². The average Bonchev–Trinajstić information content (AvgIpc) is 2.59. The van der Waals surface area contributed by atoms with Gasteiger partial charge in [0.1, 0.15) is 0 Å². The number of aromatic carboxylic acids is 1. The topological polar surface area (TPSA) is 78.9 Å². The fourth-order valence-electron chi connectivity index (χ4n) is 1.40. The third-order valence-corrected chi connectivity index (χ3v) is 2.31. The Morgan fingerprint density at radius 2 is 2.27 bits per heavy atom. The highest BCUT2D eigenvalue weighted by atomic mass is 16.4. The highest BCUT2D eigenvalue weighted by Gasteiger charge is 2.14. The lowest BCUT2D eigenvalue weighted by Crippen LogP contribution is -1.97. The molecule has 0 bridgehead atoms. The van der Waals surface area contributed by atoms with Crippen LogP contribution in [0.4, 0.5) is 0 Å². The van der Waals surface area contributed by atoms with Gasteiger partial charge in [0, 0.05) is 6.20 Å². The first kappa shape index (κ1) is 9.64. The van der Waals surface area contributed by atoms with E-state index in [0.29, 0.717) is 17.0 Å². The number of nitrogens with zero attached hydrogens (tertiary/aromatic N) is 2. The number of H-pyrrole nitrogens is 1. The van der Waals surface area contributed by atoms with Gasteiger partial charge >= 0.3 is 5.97 Å². The summed E-state index contributed by atoms with van der Waals surface area (Å²) < 4.78 is 0. The monoisotopic (exact) mass is 205 g/mol. The molecule has 0 unspecified atom stereocenters. The first-order valence-electron chi connectivity index (χ1n) is 4.67. The van der Waals surface area contributed by atoms with Crippen LogP contribution in [-0.4, -0.2) is 26.3 Å². The van der Waals surface area contributed by atoms with Gasteiger partial charge in [-0.05, 0) is 17.5 Å². The number of aromatic amines is 1. The Hall–Kier alpha value is -1.91. The molecule has 2 aromatic heterocycles. The summed E-state index contributed by atoms with van der Waals surface area (Å²) in [6, 6.07) is 1.82. The Labute approximate surface area is 86.1 Å². The van der Waals surface area contributed by atoms with Gasteiger partial charge in [-0.15, -0.1) is 0 Å². The molecule has 0 radical (unpaired) electrons. The Morgan fingerprint density at radius 3 is 2.87 bits per heavy atom. The van der Waals surface area contributed by atoms with E-state index in [4.69, 9.17) is 5.11 Å². The molecule has 2 rings (SSSR count). The lowest BCUT2D eigenvalue weighted by Gasteiger charge is -2.03. The molecule has 2 heterocycles. The van der Waals surface area contributed by atoms with Crippen LogP contribution < -0.4 is 0 Å². The quantitative estimate of drug-likeness (QED) is 0.783. The van der Waals surface area contributed by atoms with E-state index < -0.39 is 5.97 Å². The van der Waals surface area contributed by atoms with Crippen molar-refractivity contribution in [1.29, 1.82) is 0 Å². The third kappa shape index (κ3) is 1.56. The fraction of sp³-hybridized carbons (Fsp3) is 0.300. The number of rotatable bonds is 2. The number of carbonyl (C=O) groups is 1. The summed E-state index contributed by atoms with van der Waals surface area (Å²) in [5, 5.41) is 15.8. The molecule has 5 nitrogen and oxygen atoms in total. The average molecular weight is 205 g/mol. The minimum Gasteiger partial charge on any atom is -0.476 e. The molecule has 0 saturated heterocycles. The van der Waals surface area contributed by atoms with E-state index in [9.17, 15) is 4.79 Å². The van der Waals surface area contributed by atoms with Crippen LogP contribution in [-0.2, 0) is 0 Å². The van der Waals surface area contributed by atoms with Gasteiger partial charge in [0.25, 0.3) is 0 Å². The van der Waals surface area contributed by atoms with Crippen molar-refractivity contribution in [3.8, 4) is 0 Å². The molecular weight excluding hydrogens is 194 g/mol. The maximum Gasteiger partial charge on any atom is 0.357 e. The molecule has 78 valence electrons. The molecule has 0 aromatic carbocycles. The molecule has 0 atom stereocenters. The van der Waals surface area contributed by atoms with E-state index in [1.807, 2.05) is 19.9 Å². The smallest absolute Gasteiger partial charge is 0.357 e. The Kier molecular flexibility index (Phi) is 2.15. The minimum atomic E-state index is -1.04. The molecule has 0 spiro atoms. The largest absolute Gasteiger partial charge is 0.476 e. The molecule has 0 amide bonds. The third-order valence-electron chi connectivity index (χ3n) is 2.31. The van der Waals surface area contributed by atoms with E-state index in [1.54, 1.807) is 6.20 Å². The van der Waals surface area contributed by atoms with Crippen molar-refractivity contribution < 1.29 is 9.90 Å². The van der Waals surface area contributed by atoms with Crippen LogP contribution in [0.5, 0.6) is 0 Å². The SMILES string of the molecule is CC(C)c1cnc2[nH]nc(C(=O)O)c2c1. The van der Waals surface area contributed by atoms with Gasteiger partial charge in [-0.2, -0.15) is 5.10 Å². The molecule has 2 aromatic rings. The van der Waals surface area contributed by atoms with Crippen molar-refractivity contribution >= 4 is 17.0 Å². The van der Waals surface area contributed by atoms with E-state index >= 15 is 0 Å². The maximum absolute atomic E-state index is 10.8. The van der Waals surface area contributed by atoms with Crippen LogP contribution >= 0.6 is 0 Å². The first-order valence-corrected chi connectivity index (χ1v) is 4.67. The second-order valence-corrected chi connectivity index (χ2v) is 3.70. The Morgan fingerprint density at radius 1 is 1.53 bits per heavy atom. The molecule has 0 aliphatic heterocycles. The number of hydrogen-bond donors (Lipinski definition) is 2. The van der Waals surface area contributed by atoms with Gasteiger partial charge in [0.05, 0.1) is 5.39 Å². The van der Waals surface area contributed by atoms with Gasteiger partial charge in [0.2, 0.25) is 0 Å². The summed E-state index contributed by atoms with van der Waals surface area (Å²) in [6.45, 7) is 4.06. The zero-order valence-corrected chi connectivity index (χ0v) is 8.48. The predicted octanol–water partition coefficient (Wildman–Crippen LogP) is 1.78. The number of aromatic nitrogens is 3. The number of fused-ring (bicyclic) bond motifs is 1. The van der Waals surface area contributed by atoms with Gasteiger partial charge in [-0.25, -0.2) is 9.78 Å². The van der Waals surface area contributed by atoms with Crippen LogP contribution in [0.2, 0.25) is 0 Å². The summed E-state index contributed by atoms with van der Waals surface area (Å²) in [5.41, 5.74) is 1.54. The number of hydrogen-bond acceptors (Lipinski definition) is 3. The molecule has 5 heteroatoms.